The van der Waals surface area contributed by atoms with Crippen molar-refractivity contribution in [3.05, 3.63) is 0 Å². The number of Topliss-reactive ketones (excluding diaryl/α,β-unsaturated/α-hetero) is 1. The van der Waals surface area contributed by atoms with Crippen molar-refractivity contribution in [3.63, 3.8) is 0 Å². The Morgan fingerprint density at radius 3 is 2.44 bits per heavy atom. The molecule has 3 heteroatoms. The highest BCUT2D eigenvalue weighted by atomic mass is 16.5. The Bertz CT molecular complexity index is 205. The molecule has 2 atom stereocenters. The van der Waals surface area contributed by atoms with E-state index >= 15 is 0 Å². The monoisotopic (exact) mass is 228 g/mol. The van der Waals surface area contributed by atoms with Crippen molar-refractivity contribution in [2.45, 2.75) is 71.2 Å². The maximum atomic E-state index is 10.7. The lowest BCUT2D eigenvalue weighted by Crippen LogP contribution is -2.34. The molecule has 0 N–H and O–H groups in total. The van der Waals surface area contributed by atoms with Gasteiger partial charge in [0.2, 0.25) is 0 Å². The van der Waals surface area contributed by atoms with Gasteiger partial charge in [-0.3, -0.25) is 0 Å². The molecule has 1 fully saturated rings. The lowest BCUT2D eigenvalue weighted by atomic mass is 10.0. The van der Waals surface area contributed by atoms with Crippen LogP contribution in [0.4, 0.5) is 0 Å². The molecule has 1 aliphatic heterocycles. The predicted octanol–water partition coefficient (Wildman–Crippen LogP) is 2.72. The van der Waals surface area contributed by atoms with Crippen molar-refractivity contribution < 1.29 is 14.3 Å². The van der Waals surface area contributed by atoms with Crippen molar-refractivity contribution >= 4 is 5.78 Å². The summed E-state index contributed by atoms with van der Waals surface area (Å²) in [5.41, 5.74) is 0. The fourth-order valence-electron chi connectivity index (χ4n) is 2.21. The zero-order chi connectivity index (χ0) is 12.0. The largest absolute Gasteiger partial charge is 0.378 e. The van der Waals surface area contributed by atoms with Gasteiger partial charge >= 0.3 is 0 Å². The third-order valence-corrected chi connectivity index (χ3v) is 2.93. The van der Waals surface area contributed by atoms with E-state index in [1.807, 2.05) is 0 Å². The van der Waals surface area contributed by atoms with Gasteiger partial charge in [0.15, 0.2) is 0 Å². The van der Waals surface area contributed by atoms with Gasteiger partial charge in [0.05, 0.1) is 18.3 Å². The van der Waals surface area contributed by atoms with E-state index in [0.29, 0.717) is 24.7 Å². The summed E-state index contributed by atoms with van der Waals surface area (Å²) in [6.45, 7) is 6.61. The first-order valence-electron chi connectivity index (χ1n) is 6.34. The molecule has 0 aromatic rings. The van der Waals surface area contributed by atoms with Crippen LogP contribution >= 0.6 is 0 Å². The van der Waals surface area contributed by atoms with Gasteiger partial charge in [0, 0.05) is 13.0 Å². The quantitative estimate of drug-likeness (QED) is 0.656. The second-order valence-electron chi connectivity index (χ2n) is 4.88. The molecule has 3 nitrogen and oxygen atoms in total. The van der Waals surface area contributed by atoms with Crippen LogP contribution in [0.5, 0.6) is 0 Å². The van der Waals surface area contributed by atoms with Crippen LogP contribution in [-0.2, 0) is 14.3 Å². The molecule has 0 radical (unpaired) electrons. The Labute approximate surface area is 98.5 Å². The molecule has 1 heterocycles. The van der Waals surface area contributed by atoms with Crippen molar-refractivity contribution in [2.24, 2.45) is 0 Å². The molecule has 0 aliphatic carbocycles. The first-order chi connectivity index (χ1) is 7.58. The number of unbranched alkanes of at least 4 members (excludes halogenated alkanes) is 1. The van der Waals surface area contributed by atoms with E-state index < -0.39 is 0 Å². The van der Waals surface area contributed by atoms with E-state index in [1.165, 1.54) is 0 Å². The number of rotatable bonds is 6. The Hall–Kier alpha value is -0.410. The molecule has 0 saturated carbocycles. The smallest absolute Gasteiger partial charge is 0.129 e. The van der Waals surface area contributed by atoms with E-state index in [9.17, 15) is 4.79 Å². The summed E-state index contributed by atoms with van der Waals surface area (Å²) in [6, 6.07) is 0. The molecule has 0 spiro atoms. The van der Waals surface area contributed by atoms with Crippen LogP contribution in [0.3, 0.4) is 0 Å². The van der Waals surface area contributed by atoms with Crippen molar-refractivity contribution in [2.75, 3.05) is 6.61 Å². The summed E-state index contributed by atoms with van der Waals surface area (Å²) in [6.07, 6.45) is 5.58. The third kappa shape index (κ3) is 5.61. The minimum atomic E-state index is 0.272. The molecule has 2 unspecified atom stereocenters. The van der Waals surface area contributed by atoms with Crippen LogP contribution in [-0.4, -0.2) is 30.7 Å². The predicted molar refractivity (Wildman–Crippen MR) is 63.5 cm³/mol. The summed E-state index contributed by atoms with van der Waals surface area (Å²) in [5.74, 6) is 0.272. The molecule has 0 amide bonds. The lowest BCUT2D eigenvalue weighted by molar-refractivity contribution is -0.117. The van der Waals surface area contributed by atoms with E-state index in [4.69, 9.17) is 9.47 Å². The molecular weight excluding hydrogens is 204 g/mol. The van der Waals surface area contributed by atoms with Gasteiger partial charge in [0.1, 0.15) is 5.78 Å². The molecule has 0 aromatic carbocycles. The molecule has 0 aromatic heterocycles. The second kappa shape index (κ2) is 7.02. The summed E-state index contributed by atoms with van der Waals surface area (Å²) in [4.78, 5) is 10.7. The molecule has 1 saturated heterocycles. The van der Waals surface area contributed by atoms with Crippen molar-refractivity contribution in [3.8, 4) is 0 Å². The molecule has 0 bridgehead atoms. The number of ketones is 1. The fourth-order valence-corrected chi connectivity index (χ4v) is 2.21. The molecule has 16 heavy (non-hydrogen) atoms. The molecular formula is C13H24O3. The molecule has 94 valence electrons. The van der Waals surface area contributed by atoms with Crippen LogP contribution in [0.2, 0.25) is 0 Å². The van der Waals surface area contributed by atoms with E-state index in [-0.39, 0.29) is 5.78 Å². The fraction of sp³-hybridized carbons (Fsp3) is 0.923. The first-order valence-corrected chi connectivity index (χ1v) is 6.34. The third-order valence-electron chi connectivity index (χ3n) is 2.93. The summed E-state index contributed by atoms with van der Waals surface area (Å²) in [7, 11) is 0. The van der Waals surface area contributed by atoms with Gasteiger partial charge < -0.3 is 14.3 Å². The van der Waals surface area contributed by atoms with Crippen LogP contribution in [0.25, 0.3) is 0 Å². The van der Waals surface area contributed by atoms with Crippen molar-refractivity contribution in [1.82, 2.24) is 0 Å². The van der Waals surface area contributed by atoms with Gasteiger partial charge in [-0.15, -0.1) is 0 Å². The summed E-state index contributed by atoms with van der Waals surface area (Å²) in [5, 5.41) is 0. The average molecular weight is 228 g/mol. The summed E-state index contributed by atoms with van der Waals surface area (Å²) >= 11 is 0. The Morgan fingerprint density at radius 2 is 1.88 bits per heavy atom. The number of carbonyl (C=O) groups excluding carboxylic acids is 1. The standard InChI is InChI=1S/C13H24O3/c1-10(14)6-4-5-7-15-13-8-11(2)16-12(3)9-13/h11-13H,4-9H2,1-3H3. The van der Waals surface area contributed by atoms with Crippen LogP contribution in [0.1, 0.15) is 52.9 Å². The number of carbonyl (C=O) groups is 1. The SMILES string of the molecule is CC(=O)CCCCOC1CC(C)OC(C)C1. The van der Waals surface area contributed by atoms with Crippen LogP contribution < -0.4 is 0 Å². The highest BCUT2D eigenvalue weighted by Gasteiger charge is 2.24. The van der Waals surface area contributed by atoms with Crippen molar-refractivity contribution in [1.29, 1.82) is 0 Å². The number of ether oxygens (including phenoxy) is 2. The van der Waals surface area contributed by atoms with Crippen LogP contribution in [0, 0.1) is 0 Å². The number of hydrogen-bond donors (Lipinski definition) is 0. The Balaban J connectivity index is 2.06. The minimum absolute atomic E-state index is 0.272. The topological polar surface area (TPSA) is 35.5 Å². The van der Waals surface area contributed by atoms with Gasteiger partial charge in [-0.2, -0.15) is 0 Å². The van der Waals surface area contributed by atoms with Gasteiger partial charge in [0.25, 0.3) is 0 Å². The van der Waals surface area contributed by atoms with Crippen LogP contribution in [0.15, 0.2) is 0 Å². The first kappa shape index (κ1) is 13.7. The Kier molecular flexibility index (Phi) is 5.99. The zero-order valence-corrected chi connectivity index (χ0v) is 10.7. The maximum Gasteiger partial charge on any atom is 0.129 e. The lowest BCUT2D eigenvalue weighted by Gasteiger charge is -2.32. The van der Waals surface area contributed by atoms with E-state index in [0.717, 1.165) is 32.3 Å². The maximum absolute atomic E-state index is 10.7. The van der Waals surface area contributed by atoms with Gasteiger partial charge in [-0.05, 0) is 46.5 Å². The molecule has 1 rings (SSSR count). The second-order valence-corrected chi connectivity index (χ2v) is 4.88. The normalized spacial score (nSPS) is 30.3. The summed E-state index contributed by atoms with van der Waals surface area (Å²) < 4.78 is 11.5. The number of hydrogen-bond acceptors (Lipinski definition) is 3. The Morgan fingerprint density at radius 1 is 1.25 bits per heavy atom. The molecule has 1 aliphatic rings. The van der Waals surface area contributed by atoms with Gasteiger partial charge in [-0.25, -0.2) is 0 Å². The van der Waals surface area contributed by atoms with E-state index in [1.54, 1.807) is 6.92 Å². The minimum Gasteiger partial charge on any atom is -0.378 e. The van der Waals surface area contributed by atoms with E-state index in [2.05, 4.69) is 13.8 Å². The zero-order valence-electron chi connectivity index (χ0n) is 10.7. The average Bonchev–Trinajstić information content (AvgIpc) is 2.15. The highest BCUT2D eigenvalue weighted by molar-refractivity contribution is 5.75. The van der Waals surface area contributed by atoms with Gasteiger partial charge in [-0.1, -0.05) is 0 Å². The highest BCUT2D eigenvalue weighted by Crippen LogP contribution is 2.21.